The van der Waals surface area contributed by atoms with Crippen molar-refractivity contribution in [2.45, 2.75) is 38.2 Å². The van der Waals surface area contributed by atoms with Crippen LogP contribution in [0.1, 0.15) is 26.3 Å². The highest BCUT2D eigenvalue weighted by Crippen LogP contribution is 2.41. The van der Waals surface area contributed by atoms with Crippen LogP contribution < -0.4 is 15.4 Å². The van der Waals surface area contributed by atoms with Crippen LogP contribution in [0.25, 0.3) is 21.8 Å². The number of nitrogens with zero attached hydrogens (tertiary/aromatic N) is 1. The van der Waals surface area contributed by atoms with Crippen molar-refractivity contribution in [3.63, 3.8) is 0 Å². The second-order valence-electron chi connectivity index (χ2n) is 11.0. The number of halogens is 2. The van der Waals surface area contributed by atoms with Gasteiger partial charge in [-0.2, -0.15) is 0 Å². The average Bonchev–Trinajstić information content (AvgIpc) is 3.26. The first-order valence-corrected chi connectivity index (χ1v) is 15.7. The molecule has 11 heteroatoms. The Kier molecular flexibility index (Phi) is 8.51. The molecule has 5 aromatic rings. The lowest BCUT2D eigenvalue weighted by molar-refractivity contribution is 0.0520. The molecule has 0 spiro atoms. The Bertz CT molecular complexity index is 1910. The number of alkyl carbamates (subject to hydrolysis) is 1. The van der Waals surface area contributed by atoms with Crippen molar-refractivity contribution < 1.29 is 22.7 Å². The Labute approximate surface area is 260 Å². The van der Waals surface area contributed by atoms with Crippen LogP contribution in [0.15, 0.2) is 83.8 Å². The Balaban J connectivity index is 1.65. The predicted octanol–water partition coefficient (Wildman–Crippen LogP) is 8.29. The number of fused-ring (bicyclic) bond motifs is 3. The molecule has 43 heavy (non-hydrogen) atoms. The summed E-state index contributed by atoms with van der Waals surface area (Å²) in [5, 5.41) is 8.32. The number of aromatic nitrogens is 1. The van der Waals surface area contributed by atoms with E-state index in [2.05, 4.69) is 10.6 Å². The van der Waals surface area contributed by atoms with Gasteiger partial charge in [-0.15, -0.1) is 0 Å². The van der Waals surface area contributed by atoms with Gasteiger partial charge in [0, 0.05) is 38.3 Å². The first-order chi connectivity index (χ1) is 20.3. The number of anilines is 2. The van der Waals surface area contributed by atoms with Gasteiger partial charge in [-0.25, -0.2) is 17.2 Å². The summed E-state index contributed by atoms with van der Waals surface area (Å²) in [7, 11) is -4.07. The molecule has 1 amide bonds. The standard InChI is InChI=1S/C32H31Cl2N3O5S/c1-20-5-12-25(13-6-20)43(39,40)37-28-14-9-22(34)17-26(28)27-18-24(36-23-10-7-21(33)8-11-23)19-29(30(27)37)41-16-15-35-31(38)42-32(2,3)4/h5-14,17-19,36H,15-16H2,1-4H3,(H,35,38). The molecular weight excluding hydrogens is 609 g/mol. The molecular formula is C32H31Cl2N3O5S. The summed E-state index contributed by atoms with van der Waals surface area (Å²) < 4.78 is 41.2. The summed E-state index contributed by atoms with van der Waals surface area (Å²) >= 11 is 12.5. The SMILES string of the molecule is Cc1ccc(S(=O)(=O)n2c3ccc(Cl)cc3c3cc(Nc4ccc(Cl)cc4)cc(OCCNC(=O)OC(C)(C)C)c32)cc1. The Morgan fingerprint density at radius 1 is 0.860 bits per heavy atom. The predicted molar refractivity (Wildman–Crippen MR) is 173 cm³/mol. The van der Waals surface area contributed by atoms with Gasteiger partial charge in [0.2, 0.25) is 0 Å². The maximum Gasteiger partial charge on any atom is 0.407 e. The smallest absolute Gasteiger partial charge is 0.407 e. The van der Waals surface area contributed by atoms with E-state index in [0.29, 0.717) is 43.3 Å². The van der Waals surface area contributed by atoms with E-state index in [4.69, 9.17) is 32.7 Å². The van der Waals surface area contributed by atoms with E-state index in [-0.39, 0.29) is 18.0 Å². The van der Waals surface area contributed by atoms with Crippen molar-refractivity contribution in [1.82, 2.24) is 9.29 Å². The first kappa shape index (κ1) is 30.5. The molecule has 0 saturated heterocycles. The molecule has 0 fully saturated rings. The van der Waals surface area contributed by atoms with Crippen LogP contribution in [0.3, 0.4) is 0 Å². The number of rotatable bonds is 8. The third kappa shape index (κ3) is 6.85. The Morgan fingerprint density at radius 3 is 2.21 bits per heavy atom. The van der Waals surface area contributed by atoms with E-state index in [9.17, 15) is 13.2 Å². The highest BCUT2D eigenvalue weighted by atomic mass is 35.5. The number of amides is 1. The van der Waals surface area contributed by atoms with E-state index in [1.165, 1.54) is 3.97 Å². The molecule has 0 radical (unpaired) electrons. The number of carbonyl (C=O) groups excluding carboxylic acids is 1. The summed E-state index contributed by atoms with van der Waals surface area (Å²) in [4.78, 5) is 12.3. The lowest BCUT2D eigenvalue weighted by Crippen LogP contribution is -2.34. The van der Waals surface area contributed by atoms with Gasteiger partial charge in [0.25, 0.3) is 10.0 Å². The Morgan fingerprint density at radius 2 is 1.53 bits per heavy atom. The minimum Gasteiger partial charge on any atom is -0.489 e. The minimum atomic E-state index is -4.07. The molecule has 1 heterocycles. The zero-order chi connectivity index (χ0) is 30.9. The second kappa shape index (κ2) is 12.0. The van der Waals surface area contributed by atoms with E-state index in [1.807, 2.05) is 25.1 Å². The van der Waals surface area contributed by atoms with E-state index < -0.39 is 21.7 Å². The highest BCUT2D eigenvalue weighted by Gasteiger charge is 2.27. The van der Waals surface area contributed by atoms with Crippen molar-refractivity contribution >= 4 is 72.5 Å². The molecule has 0 saturated carbocycles. The summed E-state index contributed by atoms with van der Waals surface area (Å²) in [5.41, 5.74) is 2.50. The number of benzene rings is 4. The van der Waals surface area contributed by atoms with Gasteiger partial charge < -0.3 is 20.1 Å². The summed E-state index contributed by atoms with van der Waals surface area (Å²) in [6.45, 7) is 7.40. The fourth-order valence-electron chi connectivity index (χ4n) is 4.62. The molecule has 0 unspecified atom stereocenters. The van der Waals surface area contributed by atoms with Crippen LogP contribution in [-0.2, 0) is 14.8 Å². The van der Waals surface area contributed by atoms with E-state index in [0.717, 1.165) is 11.3 Å². The van der Waals surface area contributed by atoms with Crippen molar-refractivity contribution in [3.8, 4) is 5.75 Å². The zero-order valence-electron chi connectivity index (χ0n) is 24.1. The van der Waals surface area contributed by atoms with Gasteiger partial charge in [-0.05, 0) is 88.4 Å². The number of carbonyl (C=O) groups is 1. The van der Waals surface area contributed by atoms with Gasteiger partial charge >= 0.3 is 6.09 Å². The summed E-state index contributed by atoms with van der Waals surface area (Å²) in [6.07, 6.45) is -0.579. The summed E-state index contributed by atoms with van der Waals surface area (Å²) in [6, 6.07) is 22.5. The largest absolute Gasteiger partial charge is 0.489 e. The topological polar surface area (TPSA) is 98.7 Å². The van der Waals surface area contributed by atoms with Crippen LogP contribution in [0, 0.1) is 6.92 Å². The van der Waals surface area contributed by atoms with Crippen molar-refractivity contribution in [2.75, 3.05) is 18.5 Å². The highest BCUT2D eigenvalue weighted by molar-refractivity contribution is 7.90. The molecule has 0 bridgehead atoms. The minimum absolute atomic E-state index is 0.0472. The van der Waals surface area contributed by atoms with Gasteiger partial charge in [-0.1, -0.05) is 40.9 Å². The normalized spacial score (nSPS) is 12.0. The molecule has 1 aromatic heterocycles. The molecule has 0 aliphatic carbocycles. The fourth-order valence-corrected chi connectivity index (χ4v) is 6.46. The first-order valence-electron chi connectivity index (χ1n) is 13.5. The van der Waals surface area contributed by atoms with Crippen LogP contribution in [0.2, 0.25) is 10.0 Å². The second-order valence-corrected chi connectivity index (χ2v) is 13.7. The number of hydrogen-bond acceptors (Lipinski definition) is 6. The van der Waals surface area contributed by atoms with Gasteiger partial charge in [-0.3, -0.25) is 0 Å². The fraction of sp³-hybridized carbons (Fsp3) is 0.219. The lowest BCUT2D eigenvalue weighted by Gasteiger charge is -2.20. The average molecular weight is 641 g/mol. The van der Waals surface area contributed by atoms with Crippen molar-refractivity contribution in [3.05, 3.63) is 94.5 Å². The van der Waals surface area contributed by atoms with Crippen LogP contribution >= 0.6 is 23.2 Å². The number of nitrogens with one attached hydrogen (secondary N) is 2. The Hall–Kier alpha value is -3.92. The third-order valence-electron chi connectivity index (χ3n) is 6.47. The number of aryl methyl sites for hydroxylation is 1. The quantitative estimate of drug-likeness (QED) is 0.166. The molecule has 0 atom stereocenters. The molecule has 5 rings (SSSR count). The van der Waals surface area contributed by atoms with Crippen molar-refractivity contribution in [2.24, 2.45) is 0 Å². The number of ether oxygens (including phenoxy) is 2. The van der Waals surface area contributed by atoms with Crippen LogP contribution in [0.4, 0.5) is 16.2 Å². The molecule has 0 aliphatic heterocycles. The monoisotopic (exact) mass is 639 g/mol. The molecule has 4 aromatic carbocycles. The molecule has 224 valence electrons. The lowest BCUT2D eigenvalue weighted by atomic mass is 10.1. The molecule has 0 aliphatic rings. The van der Waals surface area contributed by atoms with Crippen molar-refractivity contribution in [1.29, 1.82) is 0 Å². The van der Waals surface area contributed by atoms with E-state index in [1.54, 1.807) is 81.4 Å². The van der Waals surface area contributed by atoms with Gasteiger partial charge in [0.05, 0.1) is 17.0 Å². The van der Waals surface area contributed by atoms with Gasteiger partial charge in [0.15, 0.2) is 0 Å². The van der Waals surface area contributed by atoms with Crippen LogP contribution in [-0.4, -0.2) is 37.2 Å². The summed E-state index contributed by atoms with van der Waals surface area (Å²) in [5.74, 6) is 0.294. The van der Waals surface area contributed by atoms with E-state index >= 15 is 0 Å². The van der Waals surface area contributed by atoms with Gasteiger partial charge in [0.1, 0.15) is 23.5 Å². The molecule has 2 N–H and O–H groups in total. The maximum atomic E-state index is 14.2. The van der Waals surface area contributed by atoms with Crippen LogP contribution in [0.5, 0.6) is 5.75 Å². The third-order valence-corrected chi connectivity index (χ3v) is 8.68. The number of hydrogen-bond donors (Lipinski definition) is 2. The maximum absolute atomic E-state index is 14.2. The molecule has 8 nitrogen and oxygen atoms in total. The zero-order valence-corrected chi connectivity index (χ0v) is 26.4.